The second-order valence-corrected chi connectivity index (χ2v) is 6.41. The van der Waals surface area contributed by atoms with Crippen LogP contribution in [0.1, 0.15) is 48.2 Å². The van der Waals surface area contributed by atoms with E-state index in [0.29, 0.717) is 6.04 Å². The van der Waals surface area contributed by atoms with Gasteiger partial charge in [0.2, 0.25) is 0 Å². The average Bonchev–Trinajstić information content (AvgIpc) is 3.04. The molecular weight excluding hydrogens is 258 g/mol. The predicted octanol–water partition coefficient (Wildman–Crippen LogP) is 3.23. The van der Waals surface area contributed by atoms with Crippen molar-refractivity contribution in [2.24, 2.45) is 0 Å². The van der Waals surface area contributed by atoms with Crippen LogP contribution in [0.2, 0.25) is 0 Å². The lowest BCUT2D eigenvalue weighted by atomic mass is 10.1. The quantitative estimate of drug-likeness (QED) is 0.913. The first kappa shape index (κ1) is 14.3. The molecule has 0 amide bonds. The largest absolute Gasteiger partial charge is 0.310 e. The van der Waals surface area contributed by atoms with Gasteiger partial charge in [-0.15, -0.1) is 0 Å². The van der Waals surface area contributed by atoms with E-state index in [9.17, 15) is 0 Å². The van der Waals surface area contributed by atoms with Crippen LogP contribution in [0.15, 0.2) is 24.4 Å². The SMILES string of the molecule is Cc1c(CNC(C)C)cnn1Cc1ccc2c(c1)CCC2. The normalized spacial score (nSPS) is 13.9. The van der Waals surface area contributed by atoms with E-state index in [2.05, 4.69) is 54.1 Å². The molecule has 112 valence electrons. The monoisotopic (exact) mass is 283 g/mol. The second-order valence-electron chi connectivity index (χ2n) is 6.41. The predicted molar refractivity (Wildman–Crippen MR) is 86.5 cm³/mol. The van der Waals surface area contributed by atoms with Gasteiger partial charge in [-0.1, -0.05) is 32.0 Å². The number of nitrogens with zero attached hydrogens (tertiary/aromatic N) is 2. The van der Waals surface area contributed by atoms with E-state index in [1.54, 1.807) is 5.56 Å². The average molecular weight is 283 g/mol. The Balaban J connectivity index is 1.73. The molecule has 0 atom stereocenters. The minimum absolute atomic E-state index is 0.504. The summed E-state index contributed by atoms with van der Waals surface area (Å²) in [6.45, 7) is 8.28. The van der Waals surface area contributed by atoms with Crippen molar-refractivity contribution in [3.63, 3.8) is 0 Å². The highest BCUT2D eigenvalue weighted by Gasteiger charge is 2.12. The molecule has 0 fully saturated rings. The van der Waals surface area contributed by atoms with Crippen LogP contribution < -0.4 is 5.32 Å². The van der Waals surface area contributed by atoms with Crippen LogP contribution in [0.25, 0.3) is 0 Å². The summed E-state index contributed by atoms with van der Waals surface area (Å²) in [6, 6.07) is 7.44. The Morgan fingerprint density at radius 3 is 2.86 bits per heavy atom. The molecule has 0 saturated heterocycles. The number of fused-ring (bicyclic) bond motifs is 1. The van der Waals surface area contributed by atoms with Gasteiger partial charge in [-0.2, -0.15) is 5.10 Å². The van der Waals surface area contributed by atoms with Crippen molar-refractivity contribution in [3.8, 4) is 0 Å². The fourth-order valence-corrected chi connectivity index (χ4v) is 3.03. The third-order valence-electron chi connectivity index (χ3n) is 4.40. The van der Waals surface area contributed by atoms with Crippen LogP contribution in [0.5, 0.6) is 0 Å². The van der Waals surface area contributed by atoms with Gasteiger partial charge >= 0.3 is 0 Å². The lowest BCUT2D eigenvalue weighted by Gasteiger charge is -2.09. The minimum atomic E-state index is 0.504. The zero-order valence-corrected chi connectivity index (χ0v) is 13.3. The molecule has 1 aromatic heterocycles. The molecule has 1 heterocycles. The molecule has 0 saturated carbocycles. The second kappa shape index (κ2) is 6.02. The van der Waals surface area contributed by atoms with Crippen molar-refractivity contribution < 1.29 is 0 Å². The summed E-state index contributed by atoms with van der Waals surface area (Å²) in [4.78, 5) is 0. The first-order valence-corrected chi connectivity index (χ1v) is 7.99. The van der Waals surface area contributed by atoms with Crippen molar-refractivity contribution in [1.82, 2.24) is 15.1 Å². The molecule has 0 unspecified atom stereocenters. The van der Waals surface area contributed by atoms with Gasteiger partial charge < -0.3 is 5.32 Å². The zero-order valence-electron chi connectivity index (χ0n) is 13.3. The van der Waals surface area contributed by atoms with E-state index in [0.717, 1.165) is 13.1 Å². The van der Waals surface area contributed by atoms with Gasteiger partial charge in [0.15, 0.2) is 0 Å². The van der Waals surface area contributed by atoms with Gasteiger partial charge in [-0.3, -0.25) is 4.68 Å². The Kier molecular flexibility index (Phi) is 4.11. The Labute approximate surface area is 127 Å². The summed E-state index contributed by atoms with van der Waals surface area (Å²) in [6.07, 6.45) is 5.80. The third kappa shape index (κ3) is 3.18. The number of aromatic nitrogens is 2. The van der Waals surface area contributed by atoms with Crippen LogP contribution in [-0.4, -0.2) is 15.8 Å². The van der Waals surface area contributed by atoms with E-state index >= 15 is 0 Å². The van der Waals surface area contributed by atoms with Crippen molar-refractivity contribution >= 4 is 0 Å². The molecule has 1 aromatic carbocycles. The zero-order chi connectivity index (χ0) is 14.8. The number of benzene rings is 1. The molecule has 1 aliphatic rings. The smallest absolute Gasteiger partial charge is 0.0662 e. The molecule has 3 rings (SSSR count). The molecule has 2 aromatic rings. The van der Waals surface area contributed by atoms with E-state index in [1.807, 2.05) is 6.20 Å². The number of hydrogen-bond acceptors (Lipinski definition) is 2. The molecule has 1 aliphatic carbocycles. The third-order valence-corrected chi connectivity index (χ3v) is 4.40. The summed E-state index contributed by atoms with van der Waals surface area (Å²) < 4.78 is 2.12. The molecule has 3 nitrogen and oxygen atoms in total. The van der Waals surface area contributed by atoms with Crippen LogP contribution >= 0.6 is 0 Å². The van der Waals surface area contributed by atoms with E-state index < -0.39 is 0 Å². The highest BCUT2D eigenvalue weighted by atomic mass is 15.3. The molecule has 0 bridgehead atoms. The van der Waals surface area contributed by atoms with E-state index in [4.69, 9.17) is 0 Å². The van der Waals surface area contributed by atoms with Gasteiger partial charge in [0.25, 0.3) is 0 Å². The number of rotatable bonds is 5. The Morgan fingerprint density at radius 1 is 1.24 bits per heavy atom. The van der Waals surface area contributed by atoms with Gasteiger partial charge in [-0.05, 0) is 42.9 Å². The molecule has 0 radical (unpaired) electrons. The van der Waals surface area contributed by atoms with Gasteiger partial charge in [0.1, 0.15) is 0 Å². The molecule has 0 spiro atoms. The highest BCUT2D eigenvalue weighted by Crippen LogP contribution is 2.23. The summed E-state index contributed by atoms with van der Waals surface area (Å²) in [7, 11) is 0. The lowest BCUT2D eigenvalue weighted by molar-refractivity contribution is 0.585. The van der Waals surface area contributed by atoms with Gasteiger partial charge in [0.05, 0.1) is 12.7 Å². The maximum absolute atomic E-state index is 4.56. The molecule has 21 heavy (non-hydrogen) atoms. The number of aryl methyl sites for hydroxylation is 2. The Morgan fingerprint density at radius 2 is 2.05 bits per heavy atom. The topological polar surface area (TPSA) is 29.9 Å². The van der Waals surface area contributed by atoms with Crippen molar-refractivity contribution in [3.05, 3.63) is 52.3 Å². The fourth-order valence-electron chi connectivity index (χ4n) is 3.03. The lowest BCUT2D eigenvalue weighted by Crippen LogP contribution is -2.22. The Bertz CT molecular complexity index is 625. The summed E-state index contributed by atoms with van der Waals surface area (Å²) in [5.41, 5.74) is 7.01. The van der Waals surface area contributed by atoms with Crippen LogP contribution in [-0.2, 0) is 25.9 Å². The Hall–Kier alpha value is -1.61. The van der Waals surface area contributed by atoms with Crippen LogP contribution in [0.3, 0.4) is 0 Å². The maximum Gasteiger partial charge on any atom is 0.0662 e. The van der Waals surface area contributed by atoms with Crippen molar-refractivity contribution in [1.29, 1.82) is 0 Å². The highest BCUT2D eigenvalue weighted by molar-refractivity contribution is 5.35. The minimum Gasteiger partial charge on any atom is -0.310 e. The van der Waals surface area contributed by atoms with E-state index in [1.165, 1.54) is 41.6 Å². The van der Waals surface area contributed by atoms with Crippen molar-refractivity contribution in [2.75, 3.05) is 0 Å². The molecule has 1 N–H and O–H groups in total. The standard InChI is InChI=1S/C18H25N3/c1-13(2)19-10-18-11-20-21(14(18)3)12-15-7-8-16-5-4-6-17(16)9-15/h7-9,11,13,19H,4-6,10,12H2,1-3H3. The van der Waals surface area contributed by atoms with Crippen molar-refractivity contribution in [2.45, 2.75) is 59.2 Å². The molecule has 3 heteroatoms. The number of hydrogen-bond donors (Lipinski definition) is 1. The summed E-state index contributed by atoms with van der Waals surface area (Å²) >= 11 is 0. The van der Waals surface area contributed by atoms with E-state index in [-0.39, 0.29) is 0 Å². The van der Waals surface area contributed by atoms with Crippen LogP contribution in [0, 0.1) is 6.92 Å². The number of nitrogens with one attached hydrogen (secondary N) is 1. The molecular formula is C18H25N3. The maximum atomic E-state index is 4.56. The van der Waals surface area contributed by atoms with Crippen LogP contribution in [0.4, 0.5) is 0 Å². The first-order valence-electron chi connectivity index (χ1n) is 7.99. The summed E-state index contributed by atoms with van der Waals surface area (Å²) in [5, 5.41) is 8.02. The fraction of sp³-hybridized carbons (Fsp3) is 0.500. The van der Waals surface area contributed by atoms with Gasteiger partial charge in [-0.25, -0.2) is 0 Å². The summed E-state index contributed by atoms with van der Waals surface area (Å²) in [5.74, 6) is 0. The van der Waals surface area contributed by atoms with Gasteiger partial charge in [0, 0.05) is 23.8 Å². The first-order chi connectivity index (χ1) is 10.1. The molecule has 0 aliphatic heterocycles.